The number of benzene rings is 1. The van der Waals surface area contributed by atoms with Gasteiger partial charge in [-0.15, -0.1) is 21.5 Å². The zero-order valence-electron chi connectivity index (χ0n) is 13.6. The number of aryl methyl sites for hydroxylation is 1. The van der Waals surface area contributed by atoms with E-state index in [0.717, 1.165) is 25.9 Å². The van der Waals surface area contributed by atoms with Gasteiger partial charge in [0.2, 0.25) is 5.91 Å². The SMILES string of the molecule is Cc1nncn1-c1cccc(NC(=O)CC(CN)c2ccc(Br)s2)c1. The number of hydrogen-bond donors (Lipinski definition) is 2. The largest absolute Gasteiger partial charge is 0.330 e. The van der Waals surface area contributed by atoms with Crippen LogP contribution in [0.5, 0.6) is 0 Å². The average molecular weight is 420 g/mol. The Morgan fingerprint density at radius 2 is 2.24 bits per heavy atom. The van der Waals surface area contributed by atoms with Crippen molar-refractivity contribution >= 4 is 38.9 Å². The zero-order valence-corrected chi connectivity index (χ0v) is 16.0. The summed E-state index contributed by atoms with van der Waals surface area (Å²) in [5, 5.41) is 10.8. The van der Waals surface area contributed by atoms with E-state index in [1.54, 1.807) is 17.7 Å². The summed E-state index contributed by atoms with van der Waals surface area (Å²) >= 11 is 5.06. The van der Waals surface area contributed by atoms with Gasteiger partial charge in [0.05, 0.1) is 9.47 Å². The smallest absolute Gasteiger partial charge is 0.225 e. The highest BCUT2D eigenvalue weighted by Gasteiger charge is 2.17. The van der Waals surface area contributed by atoms with Gasteiger partial charge >= 0.3 is 0 Å². The minimum Gasteiger partial charge on any atom is -0.330 e. The number of nitrogens with one attached hydrogen (secondary N) is 1. The number of aromatic nitrogens is 3. The molecule has 1 atom stereocenters. The number of halogens is 1. The lowest BCUT2D eigenvalue weighted by atomic mass is 10.0. The molecule has 0 fully saturated rings. The Balaban J connectivity index is 1.69. The fraction of sp³-hybridized carbons (Fsp3) is 0.235. The molecule has 3 rings (SSSR count). The second kappa shape index (κ2) is 7.90. The predicted molar refractivity (Wildman–Crippen MR) is 103 cm³/mol. The Morgan fingerprint density at radius 1 is 1.40 bits per heavy atom. The third-order valence-electron chi connectivity index (χ3n) is 3.84. The van der Waals surface area contributed by atoms with Gasteiger partial charge < -0.3 is 11.1 Å². The lowest BCUT2D eigenvalue weighted by Gasteiger charge is -2.13. The maximum absolute atomic E-state index is 12.4. The molecular formula is C17H18BrN5OS. The van der Waals surface area contributed by atoms with Crippen molar-refractivity contribution < 1.29 is 4.79 Å². The van der Waals surface area contributed by atoms with Gasteiger partial charge in [0.15, 0.2) is 0 Å². The first-order valence-corrected chi connectivity index (χ1v) is 9.40. The average Bonchev–Trinajstić information content (AvgIpc) is 3.21. The highest BCUT2D eigenvalue weighted by molar-refractivity contribution is 9.11. The molecular weight excluding hydrogens is 402 g/mol. The summed E-state index contributed by atoms with van der Waals surface area (Å²) in [6.07, 6.45) is 1.99. The van der Waals surface area contributed by atoms with Crippen LogP contribution in [0.3, 0.4) is 0 Å². The zero-order chi connectivity index (χ0) is 17.8. The Bertz CT molecular complexity index is 875. The lowest BCUT2D eigenvalue weighted by Crippen LogP contribution is -2.20. The van der Waals surface area contributed by atoms with Crippen molar-refractivity contribution in [2.75, 3.05) is 11.9 Å². The molecule has 0 radical (unpaired) electrons. The Kier molecular flexibility index (Phi) is 5.62. The maximum atomic E-state index is 12.4. The minimum absolute atomic E-state index is 0.0135. The summed E-state index contributed by atoms with van der Waals surface area (Å²) in [5.41, 5.74) is 7.49. The summed E-state index contributed by atoms with van der Waals surface area (Å²) in [6.45, 7) is 2.31. The van der Waals surface area contributed by atoms with E-state index in [9.17, 15) is 4.79 Å². The number of amides is 1. The first kappa shape index (κ1) is 17.8. The minimum atomic E-state index is -0.0578. The van der Waals surface area contributed by atoms with Crippen molar-refractivity contribution in [3.05, 3.63) is 57.2 Å². The normalized spacial score (nSPS) is 12.1. The van der Waals surface area contributed by atoms with E-state index in [-0.39, 0.29) is 11.8 Å². The fourth-order valence-electron chi connectivity index (χ4n) is 2.56. The molecule has 0 spiro atoms. The Hall–Kier alpha value is -2.03. The Morgan fingerprint density at radius 3 is 2.88 bits per heavy atom. The fourth-order valence-corrected chi connectivity index (χ4v) is 4.10. The van der Waals surface area contributed by atoms with E-state index in [0.29, 0.717) is 13.0 Å². The summed E-state index contributed by atoms with van der Waals surface area (Å²) < 4.78 is 2.90. The number of carbonyl (C=O) groups is 1. The number of rotatable bonds is 6. The van der Waals surface area contributed by atoms with Crippen LogP contribution >= 0.6 is 27.3 Å². The van der Waals surface area contributed by atoms with Crippen LogP contribution in [0.1, 0.15) is 23.0 Å². The van der Waals surface area contributed by atoms with Crippen LogP contribution in [-0.4, -0.2) is 27.2 Å². The van der Waals surface area contributed by atoms with Gasteiger partial charge in [0, 0.05) is 29.4 Å². The third-order valence-corrected chi connectivity index (χ3v) is 5.63. The molecule has 0 saturated heterocycles. The number of anilines is 1. The lowest BCUT2D eigenvalue weighted by molar-refractivity contribution is -0.116. The van der Waals surface area contributed by atoms with Crippen LogP contribution in [0.4, 0.5) is 5.69 Å². The molecule has 25 heavy (non-hydrogen) atoms. The van der Waals surface area contributed by atoms with Gasteiger partial charge in [0.1, 0.15) is 12.2 Å². The van der Waals surface area contributed by atoms with Gasteiger partial charge in [-0.05, 0) is 53.2 Å². The van der Waals surface area contributed by atoms with Gasteiger partial charge in [-0.3, -0.25) is 9.36 Å². The van der Waals surface area contributed by atoms with E-state index in [4.69, 9.17) is 5.73 Å². The summed E-state index contributed by atoms with van der Waals surface area (Å²) in [6, 6.07) is 11.6. The summed E-state index contributed by atoms with van der Waals surface area (Å²) in [4.78, 5) is 13.5. The van der Waals surface area contributed by atoms with Crippen LogP contribution < -0.4 is 11.1 Å². The van der Waals surface area contributed by atoms with E-state index >= 15 is 0 Å². The van der Waals surface area contributed by atoms with Gasteiger partial charge in [-0.2, -0.15) is 0 Å². The first-order valence-electron chi connectivity index (χ1n) is 7.79. The van der Waals surface area contributed by atoms with E-state index in [2.05, 4.69) is 31.4 Å². The summed E-state index contributed by atoms with van der Waals surface area (Å²) in [5.74, 6) is 0.743. The van der Waals surface area contributed by atoms with E-state index in [1.165, 1.54) is 0 Å². The maximum Gasteiger partial charge on any atom is 0.225 e. The molecule has 0 aliphatic carbocycles. The van der Waals surface area contributed by atoms with Crippen LogP contribution in [0.2, 0.25) is 0 Å². The predicted octanol–water partition coefficient (Wildman–Crippen LogP) is 3.47. The summed E-state index contributed by atoms with van der Waals surface area (Å²) in [7, 11) is 0. The highest BCUT2D eigenvalue weighted by Crippen LogP contribution is 2.30. The van der Waals surface area contributed by atoms with Gasteiger partial charge in [-0.25, -0.2) is 0 Å². The standard InChI is InChI=1S/C17H18BrN5OS/c1-11-22-20-10-23(11)14-4-2-3-13(8-14)21-17(24)7-12(9-19)15-5-6-16(18)25-15/h2-6,8,10,12H,7,9,19H2,1H3,(H,21,24). The van der Waals surface area contributed by atoms with Crippen molar-refractivity contribution in [2.45, 2.75) is 19.3 Å². The Labute approximate surface area is 158 Å². The molecule has 2 aromatic heterocycles. The molecule has 2 heterocycles. The quantitative estimate of drug-likeness (QED) is 0.640. The van der Waals surface area contributed by atoms with Gasteiger partial charge in [0.25, 0.3) is 0 Å². The number of nitrogens with two attached hydrogens (primary N) is 1. The molecule has 0 saturated carbocycles. The van der Waals surface area contributed by atoms with Crippen molar-refractivity contribution in [1.82, 2.24) is 14.8 Å². The molecule has 0 bridgehead atoms. The molecule has 0 aliphatic rings. The second-order valence-electron chi connectivity index (χ2n) is 5.63. The first-order chi connectivity index (χ1) is 12.1. The highest BCUT2D eigenvalue weighted by atomic mass is 79.9. The van der Waals surface area contributed by atoms with Crippen molar-refractivity contribution in [3.8, 4) is 5.69 Å². The molecule has 1 aromatic carbocycles. The number of carbonyl (C=O) groups excluding carboxylic acids is 1. The molecule has 6 nitrogen and oxygen atoms in total. The van der Waals surface area contributed by atoms with Crippen LogP contribution in [0.25, 0.3) is 5.69 Å². The number of thiophene rings is 1. The van der Waals surface area contributed by atoms with Crippen LogP contribution in [-0.2, 0) is 4.79 Å². The van der Waals surface area contributed by atoms with Crippen LogP contribution in [0.15, 0.2) is 46.5 Å². The molecule has 8 heteroatoms. The van der Waals surface area contributed by atoms with Crippen molar-refractivity contribution in [2.24, 2.45) is 5.73 Å². The van der Waals surface area contributed by atoms with Crippen molar-refractivity contribution in [1.29, 1.82) is 0 Å². The molecule has 3 N–H and O–H groups in total. The molecule has 1 unspecified atom stereocenters. The second-order valence-corrected chi connectivity index (χ2v) is 8.12. The topological polar surface area (TPSA) is 85.8 Å². The van der Waals surface area contributed by atoms with E-state index in [1.807, 2.05) is 47.9 Å². The van der Waals surface area contributed by atoms with Gasteiger partial charge in [-0.1, -0.05) is 6.07 Å². The third kappa shape index (κ3) is 4.33. The molecule has 130 valence electrons. The van der Waals surface area contributed by atoms with Crippen LogP contribution in [0, 0.1) is 6.92 Å². The molecule has 3 aromatic rings. The monoisotopic (exact) mass is 419 g/mol. The van der Waals surface area contributed by atoms with E-state index < -0.39 is 0 Å². The molecule has 0 aliphatic heterocycles. The number of nitrogens with zero attached hydrogens (tertiary/aromatic N) is 3. The molecule has 1 amide bonds. The number of hydrogen-bond acceptors (Lipinski definition) is 5. The van der Waals surface area contributed by atoms with Crippen molar-refractivity contribution in [3.63, 3.8) is 0 Å².